The van der Waals surface area contributed by atoms with Crippen LogP contribution < -0.4 is 5.32 Å². The summed E-state index contributed by atoms with van der Waals surface area (Å²) in [7, 11) is 0. The number of hydrogen-bond donors (Lipinski definition) is 1. The molecular formula is C16H19N3O2. The average Bonchev–Trinajstić information content (AvgIpc) is 3.13. The van der Waals surface area contributed by atoms with E-state index >= 15 is 0 Å². The van der Waals surface area contributed by atoms with Gasteiger partial charge < -0.3 is 9.84 Å². The van der Waals surface area contributed by atoms with Crippen LogP contribution in [0.5, 0.6) is 0 Å². The van der Waals surface area contributed by atoms with Gasteiger partial charge in [0.1, 0.15) is 0 Å². The van der Waals surface area contributed by atoms with E-state index in [0.717, 1.165) is 24.8 Å². The van der Waals surface area contributed by atoms with Crippen molar-refractivity contribution in [1.29, 1.82) is 0 Å². The molecule has 1 unspecified atom stereocenters. The number of nitrogens with zero attached hydrogens (tertiary/aromatic N) is 2. The van der Waals surface area contributed by atoms with E-state index in [-0.39, 0.29) is 11.9 Å². The highest BCUT2D eigenvalue weighted by Gasteiger charge is 2.24. The number of aromatic nitrogens is 2. The number of carbonyl (C=O) groups excluding carboxylic acids is 1. The lowest BCUT2D eigenvalue weighted by atomic mass is 10.0. The Kier molecular flexibility index (Phi) is 3.73. The van der Waals surface area contributed by atoms with Crippen molar-refractivity contribution in [2.45, 2.75) is 45.6 Å². The molecule has 2 aromatic rings. The van der Waals surface area contributed by atoms with Gasteiger partial charge in [-0.15, -0.1) is 0 Å². The Balaban J connectivity index is 1.84. The van der Waals surface area contributed by atoms with Crippen LogP contribution in [0.15, 0.2) is 22.7 Å². The third-order valence-electron chi connectivity index (χ3n) is 3.91. The van der Waals surface area contributed by atoms with Crippen molar-refractivity contribution in [2.24, 2.45) is 0 Å². The summed E-state index contributed by atoms with van der Waals surface area (Å²) in [6.45, 7) is 3.86. The molecule has 110 valence electrons. The number of carbonyl (C=O) groups is 1. The number of rotatable bonds is 4. The molecule has 1 amide bonds. The molecular weight excluding hydrogens is 266 g/mol. The van der Waals surface area contributed by atoms with Crippen molar-refractivity contribution in [3.8, 4) is 11.4 Å². The van der Waals surface area contributed by atoms with Crippen molar-refractivity contribution in [3.63, 3.8) is 0 Å². The molecule has 0 fully saturated rings. The van der Waals surface area contributed by atoms with E-state index in [1.54, 1.807) is 0 Å². The SMILES string of the molecule is CCC(=O)NC1CCc2cc(-c3noc(CC)n3)ccc21. The summed E-state index contributed by atoms with van der Waals surface area (Å²) < 4.78 is 5.16. The number of fused-ring (bicyclic) bond motifs is 1. The molecule has 21 heavy (non-hydrogen) atoms. The molecule has 5 nitrogen and oxygen atoms in total. The van der Waals surface area contributed by atoms with Gasteiger partial charge in [-0.25, -0.2) is 0 Å². The molecule has 0 aliphatic heterocycles. The second kappa shape index (κ2) is 5.68. The highest BCUT2D eigenvalue weighted by atomic mass is 16.5. The molecule has 1 atom stereocenters. The molecule has 1 aliphatic carbocycles. The molecule has 5 heteroatoms. The van der Waals surface area contributed by atoms with Gasteiger partial charge >= 0.3 is 0 Å². The Morgan fingerprint density at radius 2 is 2.29 bits per heavy atom. The van der Waals surface area contributed by atoms with Crippen molar-refractivity contribution < 1.29 is 9.32 Å². The van der Waals surface area contributed by atoms with Crippen LogP contribution >= 0.6 is 0 Å². The monoisotopic (exact) mass is 285 g/mol. The Labute approximate surface area is 123 Å². The van der Waals surface area contributed by atoms with Crippen molar-refractivity contribution >= 4 is 5.91 Å². The lowest BCUT2D eigenvalue weighted by Crippen LogP contribution is -2.26. The summed E-state index contributed by atoms with van der Waals surface area (Å²) in [5.74, 6) is 1.39. The maximum absolute atomic E-state index is 11.6. The second-order valence-electron chi connectivity index (χ2n) is 5.29. The summed E-state index contributed by atoms with van der Waals surface area (Å²) in [6, 6.07) is 6.32. The number of benzene rings is 1. The lowest BCUT2D eigenvalue weighted by molar-refractivity contribution is -0.121. The van der Waals surface area contributed by atoms with Crippen LogP contribution in [0.3, 0.4) is 0 Å². The van der Waals surface area contributed by atoms with Gasteiger partial charge in [-0.2, -0.15) is 4.98 Å². The van der Waals surface area contributed by atoms with E-state index in [1.807, 2.05) is 19.9 Å². The number of hydrogen-bond acceptors (Lipinski definition) is 4. The van der Waals surface area contributed by atoms with E-state index in [9.17, 15) is 4.79 Å². The third-order valence-corrected chi connectivity index (χ3v) is 3.91. The van der Waals surface area contributed by atoms with Gasteiger partial charge in [0.25, 0.3) is 0 Å². The minimum Gasteiger partial charge on any atom is -0.349 e. The molecule has 1 heterocycles. The van der Waals surface area contributed by atoms with Gasteiger partial charge in [0, 0.05) is 18.4 Å². The second-order valence-corrected chi connectivity index (χ2v) is 5.29. The van der Waals surface area contributed by atoms with E-state index in [0.29, 0.717) is 18.1 Å². The summed E-state index contributed by atoms with van der Waals surface area (Å²) >= 11 is 0. The number of aryl methyl sites for hydroxylation is 2. The van der Waals surface area contributed by atoms with Crippen LogP contribution in [0.1, 0.15) is 49.7 Å². The van der Waals surface area contributed by atoms with Crippen LogP contribution in [0.2, 0.25) is 0 Å². The zero-order chi connectivity index (χ0) is 14.8. The van der Waals surface area contributed by atoms with Gasteiger partial charge in [-0.1, -0.05) is 31.1 Å². The summed E-state index contributed by atoms with van der Waals surface area (Å²) in [5.41, 5.74) is 3.44. The fraction of sp³-hybridized carbons (Fsp3) is 0.438. The Morgan fingerprint density at radius 1 is 1.43 bits per heavy atom. The fourth-order valence-electron chi connectivity index (χ4n) is 2.72. The van der Waals surface area contributed by atoms with E-state index < -0.39 is 0 Å². The van der Waals surface area contributed by atoms with Crippen molar-refractivity contribution in [3.05, 3.63) is 35.2 Å². The highest BCUT2D eigenvalue weighted by molar-refractivity contribution is 5.76. The first-order valence-corrected chi connectivity index (χ1v) is 7.46. The smallest absolute Gasteiger partial charge is 0.226 e. The average molecular weight is 285 g/mol. The minimum absolute atomic E-state index is 0.0997. The zero-order valence-corrected chi connectivity index (χ0v) is 12.3. The van der Waals surface area contributed by atoms with Gasteiger partial charge in [-0.3, -0.25) is 4.79 Å². The first-order valence-electron chi connectivity index (χ1n) is 7.46. The van der Waals surface area contributed by atoms with Crippen LogP contribution in [-0.2, 0) is 17.6 Å². The predicted molar refractivity (Wildman–Crippen MR) is 78.6 cm³/mol. The van der Waals surface area contributed by atoms with E-state index in [1.165, 1.54) is 11.1 Å². The van der Waals surface area contributed by atoms with E-state index in [2.05, 4.69) is 27.6 Å². The van der Waals surface area contributed by atoms with Gasteiger partial charge in [0.15, 0.2) is 0 Å². The first-order chi connectivity index (χ1) is 10.2. The maximum atomic E-state index is 11.6. The summed E-state index contributed by atoms with van der Waals surface area (Å²) in [5, 5.41) is 7.08. The molecule has 0 bridgehead atoms. The third kappa shape index (κ3) is 2.68. The standard InChI is InChI=1S/C16H19N3O2/c1-3-14(20)17-13-8-6-10-9-11(5-7-12(10)13)16-18-15(4-2)21-19-16/h5,7,9,13H,3-4,6,8H2,1-2H3,(H,17,20). The quantitative estimate of drug-likeness (QED) is 0.938. The first kappa shape index (κ1) is 13.8. The van der Waals surface area contributed by atoms with Gasteiger partial charge in [0.2, 0.25) is 17.6 Å². The molecule has 1 N–H and O–H groups in total. The summed E-state index contributed by atoms with van der Waals surface area (Å²) in [4.78, 5) is 15.9. The molecule has 0 saturated carbocycles. The number of amides is 1. The minimum atomic E-state index is 0.0997. The van der Waals surface area contributed by atoms with Crippen LogP contribution in [0.25, 0.3) is 11.4 Å². The largest absolute Gasteiger partial charge is 0.349 e. The van der Waals surface area contributed by atoms with Crippen LogP contribution in [-0.4, -0.2) is 16.0 Å². The van der Waals surface area contributed by atoms with Crippen LogP contribution in [0, 0.1) is 0 Å². The highest BCUT2D eigenvalue weighted by Crippen LogP contribution is 2.33. The molecule has 1 aliphatic rings. The number of nitrogens with one attached hydrogen (secondary N) is 1. The molecule has 3 rings (SSSR count). The molecule has 1 aromatic carbocycles. The Morgan fingerprint density at radius 3 is 3.00 bits per heavy atom. The fourth-order valence-corrected chi connectivity index (χ4v) is 2.72. The van der Waals surface area contributed by atoms with E-state index in [4.69, 9.17) is 4.52 Å². The normalized spacial score (nSPS) is 16.8. The maximum Gasteiger partial charge on any atom is 0.226 e. The Bertz CT molecular complexity index is 663. The summed E-state index contributed by atoms with van der Waals surface area (Å²) in [6.07, 6.45) is 3.18. The van der Waals surface area contributed by atoms with Gasteiger partial charge in [-0.05, 0) is 30.0 Å². The molecule has 0 radical (unpaired) electrons. The molecule has 1 aromatic heterocycles. The topological polar surface area (TPSA) is 68.0 Å². The molecule has 0 saturated heterocycles. The molecule has 0 spiro atoms. The van der Waals surface area contributed by atoms with Crippen molar-refractivity contribution in [2.75, 3.05) is 0 Å². The predicted octanol–water partition coefficient (Wildman–Crippen LogP) is 2.81. The lowest BCUT2D eigenvalue weighted by Gasteiger charge is -2.13. The Hall–Kier alpha value is -2.17. The van der Waals surface area contributed by atoms with Gasteiger partial charge in [0.05, 0.1) is 6.04 Å². The van der Waals surface area contributed by atoms with Crippen molar-refractivity contribution in [1.82, 2.24) is 15.5 Å². The van der Waals surface area contributed by atoms with Crippen LogP contribution in [0.4, 0.5) is 0 Å². The zero-order valence-electron chi connectivity index (χ0n) is 12.3.